The molecule has 2 aromatic carbocycles. The van der Waals surface area contributed by atoms with E-state index in [-0.39, 0.29) is 6.04 Å². The first kappa shape index (κ1) is 13.6. The van der Waals surface area contributed by atoms with Crippen molar-refractivity contribution in [3.63, 3.8) is 0 Å². The fourth-order valence-corrected chi connectivity index (χ4v) is 2.19. The molecule has 0 aromatic heterocycles. The summed E-state index contributed by atoms with van der Waals surface area (Å²) in [4.78, 5) is 0. The Morgan fingerprint density at radius 3 is 2.53 bits per heavy atom. The van der Waals surface area contributed by atoms with Gasteiger partial charge in [0.15, 0.2) is 0 Å². The first-order chi connectivity index (χ1) is 9.08. The van der Waals surface area contributed by atoms with E-state index in [4.69, 9.17) is 10.5 Å². The Labute approximate surface area is 115 Å². The molecule has 2 N–H and O–H groups in total. The van der Waals surface area contributed by atoms with Gasteiger partial charge in [-0.15, -0.1) is 0 Å². The molecule has 0 aliphatic rings. The fraction of sp³-hybridized carbons (Fsp3) is 0.294. The number of ether oxygens (including phenoxy) is 1. The molecule has 0 aliphatic heterocycles. The number of hydrogen-bond donors (Lipinski definition) is 1. The SMILES string of the molecule is Cc1cccc(COc2c(C)cccc2C(C)N)c1. The Morgan fingerprint density at radius 1 is 1.11 bits per heavy atom. The van der Waals surface area contributed by atoms with Crippen LogP contribution in [0.3, 0.4) is 0 Å². The van der Waals surface area contributed by atoms with E-state index in [1.54, 1.807) is 0 Å². The van der Waals surface area contributed by atoms with Gasteiger partial charge in [0, 0.05) is 11.6 Å². The molecule has 0 heterocycles. The number of hydrogen-bond acceptors (Lipinski definition) is 2. The van der Waals surface area contributed by atoms with Gasteiger partial charge in [-0.1, -0.05) is 48.0 Å². The average molecular weight is 255 g/mol. The predicted octanol–water partition coefficient (Wildman–Crippen LogP) is 3.90. The highest BCUT2D eigenvalue weighted by molar-refractivity contribution is 5.42. The van der Waals surface area contributed by atoms with Crippen molar-refractivity contribution in [2.24, 2.45) is 5.73 Å². The third-order valence-electron chi connectivity index (χ3n) is 3.20. The molecule has 100 valence electrons. The van der Waals surface area contributed by atoms with Crippen molar-refractivity contribution < 1.29 is 4.74 Å². The van der Waals surface area contributed by atoms with Crippen LogP contribution in [0.5, 0.6) is 5.75 Å². The van der Waals surface area contributed by atoms with Crippen molar-refractivity contribution in [3.8, 4) is 5.75 Å². The fourth-order valence-electron chi connectivity index (χ4n) is 2.19. The number of benzene rings is 2. The lowest BCUT2D eigenvalue weighted by Gasteiger charge is -2.16. The van der Waals surface area contributed by atoms with Crippen LogP contribution in [0.15, 0.2) is 42.5 Å². The summed E-state index contributed by atoms with van der Waals surface area (Å²) >= 11 is 0. The van der Waals surface area contributed by atoms with Crippen LogP contribution in [-0.4, -0.2) is 0 Å². The van der Waals surface area contributed by atoms with Gasteiger partial charge in [0.05, 0.1) is 0 Å². The van der Waals surface area contributed by atoms with Crippen molar-refractivity contribution in [1.29, 1.82) is 0 Å². The van der Waals surface area contributed by atoms with Crippen molar-refractivity contribution in [3.05, 3.63) is 64.7 Å². The third-order valence-corrected chi connectivity index (χ3v) is 3.20. The first-order valence-electron chi connectivity index (χ1n) is 6.61. The number of aryl methyl sites for hydroxylation is 2. The lowest BCUT2D eigenvalue weighted by Crippen LogP contribution is -2.09. The standard InChI is InChI=1S/C17H21NO/c1-12-6-4-8-15(10-12)11-19-17-13(2)7-5-9-16(17)14(3)18/h4-10,14H,11,18H2,1-3H3. The molecule has 1 unspecified atom stereocenters. The van der Waals surface area contributed by atoms with Crippen LogP contribution in [0.2, 0.25) is 0 Å². The molecule has 0 fully saturated rings. The zero-order valence-electron chi connectivity index (χ0n) is 11.8. The molecule has 2 heteroatoms. The molecule has 2 rings (SSSR count). The molecular weight excluding hydrogens is 234 g/mol. The van der Waals surface area contributed by atoms with Gasteiger partial charge in [-0.05, 0) is 31.9 Å². The maximum atomic E-state index is 6.00. The Bertz CT molecular complexity index is 561. The van der Waals surface area contributed by atoms with Crippen LogP contribution < -0.4 is 10.5 Å². The Balaban J connectivity index is 2.19. The molecule has 2 nitrogen and oxygen atoms in total. The summed E-state index contributed by atoms with van der Waals surface area (Å²) in [7, 11) is 0. The van der Waals surface area contributed by atoms with E-state index in [9.17, 15) is 0 Å². The van der Waals surface area contributed by atoms with Crippen molar-refractivity contribution in [1.82, 2.24) is 0 Å². The zero-order chi connectivity index (χ0) is 13.8. The number of nitrogens with two attached hydrogens (primary N) is 1. The summed E-state index contributed by atoms with van der Waals surface area (Å²) in [5.41, 5.74) is 10.6. The highest BCUT2D eigenvalue weighted by atomic mass is 16.5. The largest absolute Gasteiger partial charge is 0.488 e. The number of para-hydroxylation sites is 1. The van der Waals surface area contributed by atoms with E-state index in [2.05, 4.69) is 44.2 Å². The summed E-state index contributed by atoms with van der Waals surface area (Å²) in [5.74, 6) is 0.916. The van der Waals surface area contributed by atoms with E-state index in [1.807, 2.05) is 19.1 Å². The van der Waals surface area contributed by atoms with Gasteiger partial charge in [-0.2, -0.15) is 0 Å². The van der Waals surface area contributed by atoms with E-state index in [1.165, 1.54) is 11.1 Å². The molecule has 0 spiro atoms. The van der Waals surface area contributed by atoms with Gasteiger partial charge in [0.2, 0.25) is 0 Å². The van der Waals surface area contributed by atoms with Crippen LogP contribution in [-0.2, 0) is 6.61 Å². The average Bonchev–Trinajstić information content (AvgIpc) is 2.37. The van der Waals surface area contributed by atoms with E-state index in [0.29, 0.717) is 6.61 Å². The zero-order valence-corrected chi connectivity index (χ0v) is 11.8. The molecule has 2 aromatic rings. The van der Waals surface area contributed by atoms with Crippen LogP contribution in [0.25, 0.3) is 0 Å². The summed E-state index contributed by atoms with van der Waals surface area (Å²) in [5, 5.41) is 0. The molecule has 0 amide bonds. The van der Waals surface area contributed by atoms with Crippen molar-refractivity contribution >= 4 is 0 Å². The third kappa shape index (κ3) is 3.36. The van der Waals surface area contributed by atoms with Crippen LogP contribution in [0.4, 0.5) is 0 Å². The monoisotopic (exact) mass is 255 g/mol. The predicted molar refractivity (Wildman–Crippen MR) is 79.3 cm³/mol. The molecular formula is C17H21NO. The Hall–Kier alpha value is -1.80. The quantitative estimate of drug-likeness (QED) is 0.899. The molecule has 0 saturated carbocycles. The van der Waals surface area contributed by atoms with Crippen LogP contribution in [0, 0.1) is 13.8 Å². The summed E-state index contributed by atoms with van der Waals surface area (Å²) in [6.07, 6.45) is 0. The van der Waals surface area contributed by atoms with Gasteiger partial charge >= 0.3 is 0 Å². The Kier molecular flexibility index (Phi) is 4.23. The van der Waals surface area contributed by atoms with Gasteiger partial charge in [-0.3, -0.25) is 0 Å². The second kappa shape index (κ2) is 5.89. The normalized spacial score (nSPS) is 12.2. The minimum Gasteiger partial charge on any atom is -0.488 e. The summed E-state index contributed by atoms with van der Waals surface area (Å²) in [6.45, 7) is 6.70. The maximum Gasteiger partial charge on any atom is 0.127 e. The molecule has 0 aliphatic carbocycles. The molecule has 1 atom stereocenters. The molecule has 0 radical (unpaired) electrons. The van der Waals surface area contributed by atoms with Crippen molar-refractivity contribution in [2.45, 2.75) is 33.4 Å². The molecule has 0 bridgehead atoms. The van der Waals surface area contributed by atoms with Crippen LogP contribution in [0.1, 0.15) is 35.2 Å². The highest BCUT2D eigenvalue weighted by Gasteiger charge is 2.10. The number of rotatable bonds is 4. The maximum absolute atomic E-state index is 6.00. The summed E-state index contributed by atoms with van der Waals surface area (Å²) < 4.78 is 5.99. The first-order valence-corrected chi connectivity index (χ1v) is 6.61. The highest BCUT2D eigenvalue weighted by Crippen LogP contribution is 2.28. The smallest absolute Gasteiger partial charge is 0.127 e. The van der Waals surface area contributed by atoms with Gasteiger partial charge < -0.3 is 10.5 Å². The molecule has 0 saturated heterocycles. The summed E-state index contributed by atoms with van der Waals surface area (Å²) in [6, 6.07) is 14.4. The van der Waals surface area contributed by atoms with Crippen molar-refractivity contribution in [2.75, 3.05) is 0 Å². The van der Waals surface area contributed by atoms with Crippen LogP contribution >= 0.6 is 0 Å². The lowest BCUT2D eigenvalue weighted by atomic mass is 10.0. The second-order valence-electron chi connectivity index (χ2n) is 5.06. The van der Waals surface area contributed by atoms with E-state index in [0.717, 1.165) is 16.9 Å². The Morgan fingerprint density at radius 2 is 1.84 bits per heavy atom. The second-order valence-corrected chi connectivity index (χ2v) is 5.06. The molecule has 19 heavy (non-hydrogen) atoms. The van der Waals surface area contributed by atoms with E-state index >= 15 is 0 Å². The minimum absolute atomic E-state index is 0.0209. The van der Waals surface area contributed by atoms with Gasteiger partial charge in [-0.25, -0.2) is 0 Å². The van der Waals surface area contributed by atoms with Gasteiger partial charge in [0.1, 0.15) is 12.4 Å². The minimum atomic E-state index is -0.0209. The lowest BCUT2D eigenvalue weighted by molar-refractivity contribution is 0.299. The topological polar surface area (TPSA) is 35.2 Å². The van der Waals surface area contributed by atoms with Gasteiger partial charge in [0.25, 0.3) is 0 Å². The van der Waals surface area contributed by atoms with E-state index < -0.39 is 0 Å².